The smallest absolute Gasteiger partial charge is 0.245 e. The number of hydrogen-bond donors (Lipinski definition) is 9. The van der Waals surface area contributed by atoms with Crippen LogP contribution in [0.2, 0.25) is 0 Å². The summed E-state index contributed by atoms with van der Waals surface area (Å²) in [4.78, 5) is 84.8. The van der Waals surface area contributed by atoms with Crippen molar-refractivity contribution in [3.05, 3.63) is 35.9 Å². The van der Waals surface area contributed by atoms with Crippen LogP contribution in [0.15, 0.2) is 35.3 Å². The van der Waals surface area contributed by atoms with Crippen molar-refractivity contribution in [1.29, 1.82) is 0 Å². The molecule has 0 radical (unpaired) electrons. The molecule has 328 valence electrons. The standard InChI is InChI=1S/C42H71N7O9/c1-6-7-8-9-10-11-15-20-36(55)48-38(29(5)52)41(58)49-37(27(2)3)35(54)23-31(22-30-17-13-12-14-18-30)39(56)47-33(19-16-21-45-42(43)44)34(53)24-32(26-51)40(57)46-28(4)25-50/h12-14,17-18,27-29,31-33,37-38,50-52H,6-11,15-16,19-26H2,1-5H3,(H,46,57)(H,47,56)(H,48,55)(H,49,58)(H4,43,44,45)/t28-,29-,31-,32+,33+,37+,38+/m1/s1. The molecule has 0 unspecified atom stereocenters. The molecular weight excluding hydrogens is 747 g/mol. The van der Waals surface area contributed by atoms with Crippen LogP contribution < -0.4 is 32.7 Å². The molecule has 0 saturated carbocycles. The second-order valence-electron chi connectivity index (χ2n) is 15.6. The van der Waals surface area contributed by atoms with Crippen molar-refractivity contribution in [1.82, 2.24) is 21.3 Å². The molecule has 0 aromatic heterocycles. The first kappa shape index (κ1) is 51.6. The highest BCUT2D eigenvalue weighted by atomic mass is 16.3. The van der Waals surface area contributed by atoms with Gasteiger partial charge in [0.05, 0.1) is 37.3 Å². The molecule has 16 nitrogen and oxygen atoms in total. The largest absolute Gasteiger partial charge is 0.396 e. The Balaban J connectivity index is 3.25. The van der Waals surface area contributed by atoms with Crippen LogP contribution in [-0.4, -0.2) is 107 Å². The van der Waals surface area contributed by atoms with Gasteiger partial charge in [0.15, 0.2) is 17.5 Å². The minimum Gasteiger partial charge on any atom is -0.396 e. The van der Waals surface area contributed by atoms with Crippen molar-refractivity contribution in [2.45, 2.75) is 148 Å². The van der Waals surface area contributed by atoms with Crippen LogP contribution in [-0.2, 0) is 35.2 Å². The Morgan fingerprint density at radius 3 is 1.86 bits per heavy atom. The summed E-state index contributed by atoms with van der Waals surface area (Å²) in [5.74, 6) is -6.12. The highest BCUT2D eigenvalue weighted by molar-refractivity contribution is 5.97. The van der Waals surface area contributed by atoms with Crippen molar-refractivity contribution >= 4 is 41.2 Å². The van der Waals surface area contributed by atoms with Crippen LogP contribution in [0.4, 0.5) is 0 Å². The van der Waals surface area contributed by atoms with Crippen molar-refractivity contribution in [2.75, 3.05) is 19.8 Å². The lowest BCUT2D eigenvalue weighted by Gasteiger charge is -2.28. The van der Waals surface area contributed by atoms with Gasteiger partial charge in [-0.1, -0.05) is 89.6 Å². The van der Waals surface area contributed by atoms with E-state index in [2.05, 4.69) is 33.2 Å². The van der Waals surface area contributed by atoms with E-state index in [-0.39, 0.29) is 57.1 Å². The number of ketones is 2. The predicted octanol–water partition coefficient (Wildman–Crippen LogP) is 1.55. The highest BCUT2D eigenvalue weighted by Gasteiger charge is 2.35. The molecule has 0 aliphatic heterocycles. The van der Waals surface area contributed by atoms with Gasteiger partial charge in [0.2, 0.25) is 23.6 Å². The van der Waals surface area contributed by atoms with E-state index < -0.39 is 90.3 Å². The molecule has 0 heterocycles. The quantitative estimate of drug-likeness (QED) is 0.0295. The fraction of sp³-hybridized carbons (Fsp3) is 0.690. The zero-order valence-corrected chi connectivity index (χ0v) is 35.2. The van der Waals surface area contributed by atoms with E-state index in [4.69, 9.17) is 11.5 Å². The lowest BCUT2D eigenvalue weighted by molar-refractivity contribution is -0.136. The summed E-state index contributed by atoms with van der Waals surface area (Å²) in [7, 11) is 0. The van der Waals surface area contributed by atoms with E-state index in [1.54, 1.807) is 51.1 Å². The molecule has 58 heavy (non-hydrogen) atoms. The molecule has 1 rings (SSSR count). The Kier molecular flexibility index (Phi) is 25.7. The lowest BCUT2D eigenvalue weighted by Crippen LogP contribution is -2.57. The Morgan fingerprint density at radius 2 is 1.29 bits per heavy atom. The first-order valence-corrected chi connectivity index (χ1v) is 20.8. The second kappa shape index (κ2) is 28.9. The number of carbonyl (C=O) groups is 6. The monoisotopic (exact) mass is 818 g/mol. The number of hydrogen-bond acceptors (Lipinski definition) is 10. The normalized spacial score (nSPS) is 14.8. The first-order valence-electron chi connectivity index (χ1n) is 20.8. The number of Topliss-reactive ketones (excluding diaryl/α,β-unsaturated/α-hetero) is 2. The number of benzene rings is 1. The first-order chi connectivity index (χ1) is 27.5. The van der Waals surface area contributed by atoms with E-state index in [1.807, 2.05) is 0 Å². The maximum Gasteiger partial charge on any atom is 0.245 e. The zero-order chi connectivity index (χ0) is 43.6. The van der Waals surface area contributed by atoms with Crippen molar-refractivity contribution in [3.8, 4) is 0 Å². The van der Waals surface area contributed by atoms with Crippen molar-refractivity contribution < 1.29 is 44.1 Å². The summed E-state index contributed by atoms with van der Waals surface area (Å²) in [5.41, 5.74) is 11.7. The zero-order valence-electron chi connectivity index (χ0n) is 35.2. The molecule has 0 fully saturated rings. The Hall–Kier alpha value is -4.41. The lowest BCUT2D eigenvalue weighted by atomic mass is 9.87. The second-order valence-corrected chi connectivity index (χ2v) is 15.6. The summed E-state index contributed by atoms with van der Waals surface area (Å²) in [6, 6.07) is 4.83. The summed E-state index contributed by atoms with van der Waals surface area (Å²) in [5, 5.41) is 40.4. The molecule has 0 aliphatic rings. The molecule has 11 N–H and O–H groups in total. The molecule has 0 bridgehead atoms. The number of nitrogens with zero attached hydrogens (tertiary/aromatic N) is 1. The molecule has 1 aromatic carbocycles. The molecule has 1 aromatic rings. The molecule has 0 spiro atoms. The number of aliphatic hydroxyl groups is 3. The molecule has 0 saturated heterocycles. The Bertz CT molecular complexity index is 1440. The third-order valence-electron chi connectivity index (χ3n) is 9.90. The highest BCUT2D eigenvalue weighted by Crippen LogP contribution is 2.19. The summed E-state index contributed by atoms with van der Waals surface area (Å²) in [6.07, 6.45) is 5.77. The van der Waals surface area contributed by atoms with Crippen LogP contribution in [0.25, 0.3) is 0 Å². The van der Waals surface area contributed by atoms with Gasteiger partial charge in [0, 0.05) is 37.8 Å². The van der Waals surface area contributed by atoms with Gasteiger partial charge in [-0.3, -0.25) is 33.8 Å². The molecule has 16 heteroatoms. The number of unbranched alkanes of at least 4 members (excludes halogenated alkanes) is 6. The van der Waals surface area contributed by atoms with E-state index in [0.29, 0.717) is 6.42 Å². The number of aliphatic hydroxyl groups excluding tert-OH is 3. The number of nitrogens with two attached hydrogens (primary N) is 2. The third-order valence-corrected chi connectivity index (χ3v) is 9.90. The van der Waals surface area contributed by atoms with Gasteiger partial charge in [-0.15, -0.1) is 0 Å². The average Bonchev–Trinajstić information content (AvgIpc) is 3.18. The van der Waals surface area contributed by atoms with Gasteiger partial charge in [0.25, 0.3) is 0 Å². The topological polar surface area (TPSA) is 276 Å². The van der Waals surface area contributed by atoms with Crippen molar-refractivity contribution in [3.63, 3.8) is 0 Å². The third kappa shape index (κ3) is 20.8. The number of aliphatic imine (C=N–C) groups is 1. The van der Waals surface area contributed by atoms with Gasteiger partial charge >= 0.3 is 0 Å². The van der Waals surface area contributed by atoms with E-state index in [9.17, 15) is 44.1 Å². The van der Waals surface area contributed by atoms with Gasteiger partial charge < -0.3 is 48.1 Å². The molecule has 0 aliphatic carbocycles. The number of amides is 4. The fourth-order valence-electron chi connectivity index (χ4n) is 6.42. The fourth-order valence-corrected chi connectivity index (χ4v) is 6.42. The van der Waals surface area contributed by atoms with Crippen molar-refractivity contribution in [2.24, 2.45) is 34.2 Å². The summed E-state index contributed by atoms with van der Waals surface area (Å²) < 4.78 is 0. The van der Waals surface area contributed by atoms with E-state index in [1.165, 1.54) is 13.3 Å². The molecular formula is C42H71N7O9. The SMILES string of the molecule is CCCCCCCCCC(=O)N[C@H](C(=O)N[C@H](C(=O)C[C@@H](Cc1ccccc1)C(=O)N[C@@H](CCCN=C(N)N)C(=O)C[C@@H](CO)C(=O)N[C@H](C)CO)C(C)C)[C@@H](C)O. The number of rotatable bonds is 31. The van der Waals surface area contributed by atoms with Crippen LogP contribution >= 0.6 is 0 Å². The van der Waals surface area contributed by atoms with Crippen LogP contribution in [0.3, 0.4) is 0 Å². The average molecular weight is 818 g/mol. The van der Waals surface area contributed by atoms with E-state index >= 15 is 0 Å². The van der Waals surface area contributed by atoms with Crippen LogP contribution in [0.5, 0.6) is 0 Å². The van der Waals surface area contributed by atoms with Crippen LogP contribution in [0.1, 0.15) is 117 Å². The predicted molar refractivity (Wildman–Crippen MR) is 223 cm³/mol. The maximum absolute atomic E-state index is 14.1. The summed E-state index contributed by atoms with van der Waals surface area (Å²) in [6.45, 7) is 7.69. The molecule has 7 atom stereocenters. The number of nitrogens with one attached hydrogen (secondary N) is 4. The number of carbonyl (C=O) groups excluding carboxylic acids is 6. The maximum atomic E-state index is 14.1. The van der Waals surface area contributed by atoms with E-state index in [0.717, 1.165) is 37.7 Å². The van der Waals surface area contributed by atoms with Gasteiger partial charge in [-0.05, 0) is 51.0 Å². The van der Waals surface area contributed by atoms with Crippen LogP contribution in [0, 0.1) is 17.8 Å². The van der Waals surface area contributed by atoms with Gasteiger partial charge in [-0.25, -0.2) is 0 Å². The van der Waals surface area contributed by atoms with Gasteiger partial charge in [0.1, 0.15) is 6.04 Å². The Labute approximate surface area is 344 Å². The minimum absolute atomic E-state index is 0.0796. The number of guanidine groups is 1. The van der Waals surface area contributed by atoms with Gasteiger partial charge in [-0.2, -0.15) is 0 Å². The Morgan fingerprint density at radius 1 is 0.690 bits per heavy atom. The molecule has 4 amide bonds. The minimum atomic E-state index is -1.31. The summed E-state index contributed by atoms with van der Waals surface area (Å²) >= 11 is 0.